The van der Waals surface area contributed by atoms with Crippen molar-refractivity contribution in [2.45, 2.75) is 13.5 Å². The van der Waals surface area contributed by atoms with Gasteiger partial charge in [-0.3, -0.25) is 10.1 Å². The lowest BCUT2D eigenvalue weighted by atomic mass is 10.1. The highest BCUT2D eigenvalue weighted by Crippen LogP contribution is 2.36. The molecule has 6 nitrogen and oxygen atoms in total. The lowest BCUT2D eigenvalue weighted by Crippen LogP contribution is -1.98. The summed E-state index contributed by atoms with van der Waals surface area (Å²) >= 11 is 2.08. The van der Waals surface area contributed by atoms with Crippen LogP contribution in [-0.2, 0) is 6.54 Å². The number of aryl methyl sites for hydroxylation is 1. The van der Waals surface area contributed by atoms with Gasteiger partial charge >= 0.3 is 5.69 Å². The molecule has 7 heteroatoms. The summed E-state index contributed by atoms with van der Waals surface area (Å²) in [6.07, 6.45) is 0. The van der Waals surface area contributed by atoms with E-state index in [0.717, 1.165) is 9.22 Å². The van der Waals surface area contributed by atoms with Crippen LogP contribution in [0.2, 0.25) is 0 Å². The number of benzene rings is 1. The summed E-state index contributed by atoms with van der Waals surface area (Å²) in [6, 6.07) is 5.12. The molecular formula is C12H10IN3O3. The molecule has 1 aromatic heterocycles. The van der Waals surface area contributed by atoms with Crippen LogP contribution in [0.5, 0.6) is 5.75 Å². The van der Waals surface area contributed by atoms with Gasteiger partial charge in [-0.25, -0.2) is 0 Å². The van der Waals surface area contributed by atoms with Crippen molar-refractivity contribution in [3.63, 3.8) is 0 Å². The molecule has 0 fully saturated rings. The molecule has 0 aliphatic heterocycles. The largest absolute Gasteiger partial charge is 0.490 e. The summed E-state index contributed by atoms with van der Waals surface area (Å²) < 4.78 is 7.77. The topological polar surface area (TPSA) is 81.1 Å². The molecule has 0 spiro atoms. The minimum atomic E-state index is -0.504. The molecule has 0 atom stereocenters. The lowest BCUT2D eigenvalue weighted by molar-refractivity contribution is -0.385. The second-order valence-electron chi connectivity index (χ2n) is 3.82. The highest BCUT2D eigenvalue weighted by Gasteiger charge is 2.22. The van der Waals surface area contributed by atoms with Crippen molar-refractivity contribution >= 4 is 39.2 Å². The number of aromatic nitrogens is 1. The smallest absolute Gasteiger partial charge is 0.311 e. The van der Waals surface area contributed by atoms with Gasteiger partial charge in [0.25, 0.3) is 0 Å². The van der Waals surface area contributed by atoms with Crippen LogP contribution >= 0.6 is 22.6 Å². The summed E-state index contributed by atoms with van der Waals surface area (Å²) in [5.41, 5.74) is 1.10. The maximum absolute atomic E-state index is 11.0. The van der Waals surface area contributed by atoms with Crippen LogP contribution in [0.15, 0.2) is 12.1 Å². The predicted octanol–water partition coefficient (Wildman–Crippen LogP) is 3.05. The molecule has 0 radical (unpaired) electrons. The average Bonchev–Trinajstić information content (AvgIpc) is 2.67. The molecule has 0 saturated carbocycles. The summed E-state index contributed by atoms with van der Waals surface area (Å²) in [5, 5.41) is 20.8. The van der Waals surface area contributed by atoms with E-state index >= 15 is 0 Å². The van der Waals surface area contributed by atoms with Gasteiger partial charge in [-0.15, -0.1) is 0 Å². The van der Waals surface area contributed by atoms with Crippen LogP contribution in [0.1, 0.15) is 12.5 Å². The predicted molar refractivity (Wildman–Crippen MR) is 78.3 cm³/mol. The van der Waals surface area contributed by atoms with Crippen molar-refractivity contribution in [2.75, 3.05) is 7.11 Å². The van der Waals surface area contributed by atoms with Gasteiger partial charge in [0, 0.05) is 24.1 Å². The zero-order chi connectivity index (χ0) is 14.2. The number of ether oxygens (including phenoxy) is 1. The highest BCUT2D eigenvalue weighted by molar-refractivity contribution is 14.1. The van der Waals surface area contributed by atoms with Crippen LogP contribution in [0.3, 0.4) is 0 Å². The van der Waals surface area contributed by atoms with Gasteiger partial charge in [-0.1, -0.05) is 0 Å². The zero-order valence-corrected chi connectivity index (χ0v) is 12.5. The minimum Gasteiger partial charge on any atom is -0.490 e. The van der Waals surface area contributed by atoms with Crippen LogP contribution < -0.4 is 4.74 Å². The van der Waals surface area contributed by atoms with Crippen LogP contribution in [-0.4, -0.2) is 16.6 Å². The van der Waals surface area contributed by atoms with Crippen molar-refractivity contribution in [1.82, 2.24) is 4.57 Å². The van der Waals surface area contributed by atoms with E-state index in [1.807, 2.05) is 11.5 Å². The monoisotopic (exact) mass is 371 g/mol. The molecular weight excluding hydrogens is 361 g/mol. The maximum Gasteiger partial charge on any atom is 0.311 e. The molecule has 0 saturated heterocycles. The molecule has 0 bridgehead atoms. The number of nitrogens with zero attached hydrogens (tertiary/aromatic N) is 3. The molecule has 0 amide bonds. The number of hydrogen-bond acceptors (Lipinski definition) is 4. The first-order valence-electron chi connectivity index (χ1n) is 5.49. The fourth-order valence-corrected chi connectivity index (χ4v) is 3.07. The number of methoxy groups -OCH3 is 1. The first-order chi connectivity index (χ1) is 9.04. The molecule has 0 aliphatic rings. The quantitative estimate of drug-likeness (QED) is 0.472. The van der Waals surface area contributed by atoms with E-state index in [1.54, 1.807) is 6.07 Å². The third-order valence-corrected chi connectivity index (χ3v) is 4.05. The summed E-state index contributed by atoms with van der Waals surface area (Å²) in [4.78, 5) is 10.5. The van der Waals surface area contributed by atoms with Crippen molar-refractivity contribution in [3.8, 4) is 11.8 Å². The Morgan fingerprint density at radius 3 is 2.74 bits per heavy atom. The third-order valence-electron chi connectivity index (χ3n) is 2.93. The number of nitro groups is 1. The molecule has 1 aromatic carbocycles. The van der Waals surface area contributed by atoms with E-state index in [4.69, 9.17) is 4.74 Å². The van der Waals surface area contributed by atoms with Crippen molar-refractivity contribution in [2.24, 2.45) is 0 Å². The second kappa shape index (κ2) is 5.05. The number of nitro benzene ring substituents is 1. The molecule has 0 N–H and O–H groups in total. The summed E-state index contributed by atoms with van der Waals surface area (Å²) in [6.45, 7) is 2.63. The van der Waals surface area contributed by atoms with Gasteiger partial charge in [0.15, 0.2) is 5.75 Å². The standard InChI is InChI=1S/C12H10IN3O3/c1-3-15-9-5-11(19-2)10(16(17)18)4-7(9)8(6-14)12(15)13/h4-5H,3H2,1-2H3. The van der Waals surface area contributed by atoms with Gasteiger partial charge in [0.05, 0.1) is 26.8 Å². The van der Waals surface area contributed by atoms with Crippen LogP contribution in [0, 0.1) is 25.1 Å². The van der Waals surface area contributed by atoms with Crippen molar-refractivity contribution < 1.29 is 9.66 Å². The number of halogens is 1. The van der Waals surface area contributed by atoms with E-state index in [2.05, 4.69) is 28.7 Å². The first kappa shape index (κ1) is 13.6. The van der Waals surface area contributed by atoms with E-state index in [1.165, 1.54) is 13.2 Å². The minimum absolute atomic E-state index is 0.129. The number of hydrogen-bond donors (Lipinski definition) is 0. The fraction of sp³-hybridized carbons (Fsp3) is 0.250. The maximum atomic E-state index is 11.0. The Morgan fingerprint density at radius 2 is 2.26 bits per heavy atom. The van der Waals surface area contributed by atoms with E-state index in [9.17, 15) is 15.4 Å². The third kappa shape index (κ3) is 2.02. The van der Waals surface area contributed by atoms with Gasteiger partial charge < -0.3 is 9.30 Å². The first-order valence-corrected chi connectivity index (χ1v) is 6.57. The van der Waals surface area contributed by atoms with E-state index in [0.29, 0.717) is 17.5 Å². The highest BCUT2D eigenvalue weighted by atomic mass is 127. The Kier molecular flexibility index (Phi) is 3.61. The van der Waals surface area contributed by atoms with Gasteiger partial charge in [-0.05, 0) is 29.5 Å². The molecule has 2 rings (SSSR count). The Balaban J connectivity index is 2.93. The molecule has 98 valence electrons. The van der Waals surface area contributed by atoms with Gasteiger partial charge in [0.1, 0.15) is 6.07 Å². The molecule has 0 aliphatic carbocycles. The van der Waals surface area contributed by atoms with Crippen molar-refractivity contribution in [1.29, 1.82) is 5.26 Å². The Labute approximate surface area is 122 Å². The summed E-state index contributed by atoms with van der Waals surface area (Å²) in [5.74, 6) is 0.200. The average molecular weight is 371 g/mol. The van der Waals surface area contributed by atoms with E-state index < -0.39 is 4.92 Å². The van der Waals surface area contributed by atoms with Crippen molar-refractivity contribution in [3.05, 3.63) is 31.5 Å². The van der Waals surface area contributed by atoms with Gasteiger partial charge in [-0.2, -0.15) is 5.26 Å². The lowest BCUT2D eigenvalue weighted by Gasteiger charge is -2.05. The second-order valence-corrected chi connectivity index (χ2v) is 4.84. The zero-order valence-electron chi connectivity index (χ0n) is 10.3. The van der Waals surface area contributed by atoms with Crippen LogP contribution in [0.4, 0.5) is 5.69 Å². The molecule has 19 heavy (non-hydrogen) atoms. The van der Waals surface area contributed by atoms with E-state index in [-0.39, 0.29) is 11.4 Å². The normalized spacial score (nSPS) is 10.4. The Morgan fingerprint density at radius 1 is 1.58 bits per heavy atom. The Bertz CT molecular complexity index is 715. The fourth-order valence-electron chi connectivity index (χ4n) is 2.05. The van der Waals surface area contributed by atoms with Gasteiger partial charge in [0.2, 0.25) is 0 Å². The number of fused-ring (bicyclic) bond motifs is 1. The Hall–Kier alpha value is -1.82. The number of nitriles is 1. The molecule has 0 unspecified atom stereocenters. The SMILES string of the molecule is CCn1c(I)c(C#N)c2cc([N+](=O)[O-])c(OC)cc21. The number of rotatable bonds is 3. The molecule has 1 heterocycles. The van der Waals surface area contributed by atoms with Crippen LogP contribution in [0.25, 0.3) is 10.9 Å². The summed E-state index contributed by atoms with van der Waals surface area (Å²) in [7, 11) is 1.39. The molecule has 2 aromatic rings.